The van der Waals surface area contributed by atoms with Crippen LogP contribution >= 0.6 is 0 Å². The minimum atomic E-state index is -4.67. The van der Waals surface area contributed by atoms with Crippen molar-refractivity contribution in [2.24, 2.45) is 0 Å². The first kappa shape index (κ1) is 18.8. The van der Waals surface area contributed by atoms with E-state index in [0.717, 1.165) is 13.0 Å². The summed E-state index contributed by atoms with van der Waals surface area (Å²) in [5.74, 6) is 3.98. The van der Waals surface area contributed by atoms with E-state index in [1.165, 1.54) is 0 Å². The van der Waals surface area contributed by atoms with Crippen LogP contribution in [0.4, 0.5) is 17.8 Å². The topological polar surface area (TPSA) is 149 Å². The van der Waals surface area contributed by atoms with Gasteiger partial charge in [0.2, 0.25) is 17.8 Å². The summed E-state index contributed by atoms with van der Waals surface area (Å²) in [6.45, 7) is 3.28. The lowest BCUT2D eigenvalue weighted by atomic mass is 10.5. The van der Waals surface area contributed by atoms with Crippen molar-refractivity contribution in [2.75, 3.05) is 36.1 Å². The number of nitrogens with zero attached hydrogens (tertiary/aromatic N) is 3. The van der Waals surface area contributed by atoms with Gasteiger partial charge in [0.05, 0.1) is 6.54 Å². The van der Waals surface area contributed by atoms with E-state index >= 15 is 0 Å². The van der Waals surface area contributed by atoms with Crippen LogP contribution in [0.5, 0.6) is 0 Å². The summed E-state index contributed by atoms with van der Waals surface area (Å²) in [7, 11) is -2.91. The summed E-state index contributed by atoms with van der Waals surface area (Å²) in [5, 5.41) is 8.87. The molecule has 1 rings (SSSR count). The summed E-state index contributed by atoms with van der Waals surface area (Å²) >= 11 is 0. The molecule has 1 aromatic heterocycles. The van der Waals surface area contributed by atoms with E-state index in [1.807, 2.05) is 0 Å². The van der Waals surface area contributed by atoms with E-state index in [0.29, 0.717) is 24.4 Å². The van der Waals surface area contributed by atoms with Gasteiger partial charge in [0.15, 0.2) is 0 Å². The Hall–Kier alpha value is -2.16. The molecule has 0 spiro atoms. The van der Waals surface area contributed by atoms with E-state index in [2.05, 4.69) is 43.7 Å². The molecular weight excluding hydrogens is 300 g/mol. The number of hydrogen-bond donors (Lipinski definition) is 5. The number of nitrogens with one attached hydrogen (secondary N) is 3. The Kier molecular flexibility index (Phi) is 8.70. The van der Waals surface area contributed by atoms with Crippen LogP contribution in [-0.4, -0.2) is 52.6 Å². The van der Waals surface area contributed by atoms with Gasteiger partial charge in [-0.1, -0.05) is 12.8 Å². The standard InChI is InChI=1S/C10H16N6.H2O4S/c1-4-6-12-9-14-8(11-3)15-10(16-9)13-7-5-2;1-5(2,3)4/h1H,5-7H2,2-3H3,(H3,11,12,13,14,15,16);(H2,1,2,3,4). The molecule has 1 heterocycles. The van der Waals surface area contributed by atoms with Crippen LogP contribution in [0.2, 0.25) is 0 Å². The maximum Gasteiger partial charge on any atom is 0.394 e. The molecule has 0 saturated carbocycles. The van der Waals surface area contributed by atoms with Crippen molar-refractivity contribution in [1.29, 1.82) is 0 Å². The van der Waals surface area contributed by atoms with Gasteiger partial charge in [-0.15, -0.1) is 6.42 Å². The molecule has 0 bridgehead atoms. The predicted octanol–water partition coefficient (Wildman–Crippen LogP) is 0.127. The number of anilines is 3. The largest absolute Gasteiger partial charge is 0.394 e. The van der Waals surface area contributed by atoms with Crippen molar-refractivity contribution in [3.8, 4) is 12.3 Å². The van der Waals surface area contributed by atoms with Crippen LogP contribution in [0.1, 0.15) is 13.3 Å². The highest BCUT2D eigenvalue weighted by molar-refractivity contribution is 7.79. The molecule has 0 aliphatic carbocycles. The van der Waals surface area contributed by atoms with Gasteiger partial charge in [0, 0.05) is 13.6 Å². The van der Waals surface area contributed by atoms with E-state index in [1.54, 1.807) is 7.05 Å². The highest BCUT2D eigenvalue weighted by atomic mass is 32.3. The normalized spacial score (nSPS) is 9.86. The van der Waals surface area contributed by atoms with Crippen LogP contribution < -0.4 is 16.0 Å². The van der Waals surface area contributed by atoms with Crippen molar-refractivity contribution >= 4 is 28.2 Å². The second kappa shape index (κ2) is 9.70. The maximum absolute atomic E-state index is 8.74. The van der Waals surface area contributed by atoms with Gasteiger partial charge >= 0.3 is 10.4 Å². The molecule has 0 unspecified atom stereocenters. The first-order valence-electron chi connectivity index (χ1n) is 5.85. The average Bonchev–Trinajstić information content (AvgIpc) is 2.40. The maximum atomic E-state index is 8.74. The highest BCUT2D eigenvalue weighted by Gasteiger charge is 2.03. The fourth-order valence-electron chi connectivity index (χ4n) is 1.01. The van der Waals surface area contributed by atoms with Crippen LogP contribution in [0.25, 0.3) is 0 Å². The lowest BCUT2D eigenvalue weighted by Gasteiger charge is -2.07. The van der Waals surface area contributed by atoms with Gasteiger partial charge in [-0.2, -0.15) is 23.4 Å². The lowest BCUT2D eigenvalue weighted by molar-refractivity contribution is 0.381. The van der Waals surface area contributed by atoms with E-state index in [4.69, 9.17) is 23.9 Å². The average molecular weight is 318 g/mol. The molecule has 0 fully saturated rings. The van der Waals surface area contributed by atoms with Crippen LogP contribution in [0.3, 0.4) is 0 Å². The highest BCUT2D eigenvalue weighted by Crippen LogP contribution is 2.08. The van der Waals surface area contributed by atoms with E-state index < -0.39 is 10.4 Å². The third kappa shape index (κ3) is 11.4. The predicted molar refractivity (Wildman–Crippen MR) is 79.7 cm³/mol. The Labute approximate surface area is 123 Å². The molecule has 5 N–H and O–H groups in total. The first-order chi connectivity index (χ1) is 9.80. The molecule has 118 valence electrons. The first-order valence-corrected chi connectivity index (χ1v) is 7.24. The van der Waals surface area contributed by atoms with Crippen molar-refractivity contribution < 1.29 is 17.5 Å². The van der Waals surface area contributed by atoms with Gasteiger partial charge in [-0.05, 0) is 6.42 Å². The van der Waals surface area contributed by atoms with Gasteiger partial charge in [0.1, 0.15) is 0 Å². The minimum Gasteiger partial charge on any atom is -0.357 e. The molecular formula is C10H18N6O4S. The number of terminal acetylenes is 1. The third-order valence-electron chi connectivity index (χ3n) is 1.74. The van der Waals surface area contributed by atoms with Crippen molar-refractivity contribution in [3.63, 3.8) is 0 Å². The van der Waals surface area contributed by atoms with Crippen molar-refractivity contribution in [1.82, 2.24) is 15.0 Å². The summed E-state index contributed by atoms with van der Waals surface area (Å²) < 4.78 is 31.6. The molecule has 0 atom stereocenters. The number of rotatable bonds is 6. The molecule has 10 nitrogen and oxygen atoms in total. The molecule has 0 aliphatic rings. The number of hydrogen-bond acceptors (Lipinski definition) is 8. The molecule has 0 saturated heterocycles. The van der Waals surface area contributed by atoms with Gasteiger partial charge in [0.25, 0.3) is 0 Å². The third-order valence-corrected chi connectivity index (χ3v) is 1.74. The van der Waals surface area contributed by atoms with Crippen molar-refractivity contribution in [2.45, 2.75) is 13.3 Å². The number of aromatic nitrogens is 3. The molecule has 0 amide bonds. The van der Waals surface area contributed by atoms with Crippen LogP contribution in [-0.2, 0) is 10.4 Å². The van der Waals surface area contributed by atoms with Gasteiger partial charge < -0.3 is 16.0 Å². The van der Waals surface area contributed by atoms with Gasteiger partial charge in [-0.25, -0.2) is 0 Å². The fourth-order valence-corrected chi connectivity index (χ4v) is 1.01. The second-order valence-electron chi connectivity index (χ2n) is 3.49. The van der Waals surface area contributed by atoms with E-state index in [9.17, 15) is 0 Å². The zero-order valence-corrected chi connectivity index (χ0v) is 12.5. The summed E-state index contributed by atoms with van der Waals surface area (Å²) in [6, 6.07) is 0. The molecule has 0 radical (unpaired) electrons. The Morgan fingerprint density at radius 3 is 2.05 bits per heavy atom. The SMILES string of the molecule is C#CCNc1nc(NC)nc(NCCC)n1.O=S(=O)(O)O. The zero-order chi connectivity index (χ0) is 16.3. The Morgan fingerprint density at radius 1 is 1.14 bits per heavy atom. The molecule has 0 aliphatic heterocycles. The minimum absolute atomic E-state index is 0.389. The van der Waals surface area contributed by atoms with E-state index in [-0.39, 0.29) is 0 Å². The molecule has 1 aromatic rings. The van der Waals surface area contributed by atoms with Crippen LogP contribution in [0.15, 0.2) is 0 Å². The quantitative estimate of drug-likeness (QED) is 0.361. The Balaban J connectivity index is 0.000000690. The molecule has 0 aromatic carbocycles. The zero-order valence-electron chi connectivity index (χ0n) is 11.7. The smallest absolute Gasteiger partial charge is 0.357 e. The fraction of sp³-hybridized carbons (Fsp3) is 0.500. The molecule has 11 heteroatoms. The van der Waals surface area contributed by atoms with Gasteiger partial charge in [-0.3, -0.25) is 9.11 Å². The summed E-state index contributed by atoms with van der Waals surface area (Å²) in [6.07, 6.45) is 6.16. The Morgan fingerprint density at radius 2 is 1.62 bits per heavy atom. The van der Waals surface area contributed by atoms with Crippen LogP contribution in [0, 0.1) is 12.3 Å². The molecule has 21 heavy (non-hydrogen) atoms. The summed E-state index contributed by atoms with van der Waals surface area (Å²) in [4.78, 5) is 12.5. The Bertz CT molecular complexity index is 563. The summed E-state index contributed by atoms with van der Waals surface area (Å²) in [5.41, 5.74) is 0. The monoisotopic (exact) mass is 318 g/mol. The lowest BCUT2D eigenvalue weighted by Crippen LogP contribution is -2.11. The van der Waals surface area contributed by atoms with Crippen molar-refractivity contribution in [3.05, 3.63) is 0 Å². The second-order valence-corrected chi connectivity index (χ2v) is 4.38.